The second kappa shape index (κ2) is 6.06. The monoisotopic (exact) mass is 246 g/mol. The fraction of sp³-hybridized carbons (Fsp3) is 1.00. The van der Waals surface area contributed by atoms with Crippen LogP contribution in [0.1, 0.15) is 58.8 Å². The van der Waals surface area contributed by atoms with Gasteiger partial charge in [-0.05, 0) is 18.3 Å². The van der Waals surface area contributed by atoms with Crippen molar-refractivity contribution >= 4 is 15.9 Å². The van der Waals surface area contributed by atoms with Crippen LogP contribution in [0.25, 0.3) is 0 Å². The quantitative estimate of drug-likeness (QED) is 0.628. The van der Waals surface area contributed by atoms with E-state index in [4.69, 9.17) is 0 Å². The lowest BCUT2D eigenvalue weighted by Crippen LogP contribution is -2.24. The molecular formula is C12H23Br. The van der Waals surface area contributed by atoms with Crippen molar-refractivity contribution in [3.8, 4) is 0 Å². The normalized spacial score (nSPS) is 24.2. The van der Waals surface area contributed by atoms with Crippen molar-refractivity contribution in [3.05, 3.63) is 0 Å². The van der Waals surface area contributed by atoms with Gasteiger partial charge < -0.3 is 0 Å². The molecule has 1 fully saturated rings. The number of hydrogen-bond acceptors (Lipinski definition) is 0. The summed E-state index contributed by atoms with van der Waals surface area (Å²) in [4.78, 5) is 0.764. The second-order valence-electron chi connectivity index (χ2n) is 4.39. The summed E-state index contributed by atoms with van der Waals surface area (Å²) < 4.78 is 0. The lowest BCUT2D eigenvalue weighted by atomic mass is 9.77. The van der Waals surface area contributed by atoms with Gasteiger partial charge in [-0.25, -0.2) is 0 Å². The van der Waals surface area contributed by atoms with E-state index in [1.54, 1.807) is 0 Å². The highest BCUT2D eigenvalue weighted by atomic mass is 79.9. The van der Waals surface area contributed by atoms with Crippen LogP contribution in [0, 0.1) is 11.8 Å². The summed E-state index contributed by atoms with van der Waals surface area (Å²) in [5, 5.41) is 0. The van der Waals surface area contributed by atoms with Crippen LogP contribution in [-0.2, 0) is 0 Å². The van der Waals surface area contributed by atoms with Gasteiger partial charge in [0.25, 0.3) is 0 Å². The van der Waals surface area contributed by atoms with Gasteiger partial charge in [0.05, 0.1) is 0 Å². The smallest absolute Gasteiger partial charge is 0.0174 e. The maximum atomic E-state index is 3.84. The van der Waals surface area contributed by atoms with Gasteiger partial charge in [0, 0.05) is 4.83 Å². The van der Waals surface area contributed by atoms with Crippen LogP contribution in [0.3, 0.4) is 0 Å². The highest BCUT2D eigenvalue weighted by Gasteiger charge is 2.26. The number of rotatable bonds is 4. The molecule has 13 heavy (non-hydrogen) atoms. The molecule has 1 saturated carbocycles. The van der Waals surface area contributed by atoms with E-state index >= 15 is 0 Å². The summed E-state index contributed by atoms with van der Waals surface area (Å²) in [6.45, 7) is 4.65. The van der Waals surface area contributed by atoms with Crippen LogP contribution in [-0.4, -0.2) is 4.83 Å². The number of alkyl halides is 1. The maximum Gasteiger partial charge on any atom is 0.0174 e. The average Bonchev–Trinajstić information content (AvgIpc) is 2.20. The van der Waals surface area contributed by atoms with E-state index in [9.17, 15) is 0 Å². The molecule has 1 rings (SSSR count). The average molecular weight is 247 g/mol. The fourth-order valence-electron chi connectivity index (χ4n) is 2.75. The van der Waals surface area contributed by atoms with E-state index in [-0.39, 0.29) is 0 Å². The molecule has 0 nitrogen and oxygen atoms in total. The Bertz CT molecular complexity index is 127. The summed E-state index contributed by atoms with van der Waals surface area (Å²) >= 11 is 3.84. The molecule has 0 N–H and O–H groups in total. The molecule has 0 aromatic rings. The van der Waals surface area contributed by atoms with Crippen molar-refractivity contribution in [2.24, 2.45) is 11.8 Å². The fourth-order valence-corrected chi connectivity index (χ4v) is 3.55. The standard InChI is InChI=1S/C12H23Br/c1-3-11(12(13)4-2)10-8-6-5-7-9-10/h10-12H,3-9H2,1-2H3. The van der Waals surface area contributed by atoms with E-state index in [1.807, 2.05) is 0 Å². The predicted molar refractivity (Wildman–Crippen MR) is 63.4 cm³/mol. The molecule has 0 amide bonds. The van der Waals surface area contributed by atoms with Gasteiger partial charge in [-0.3, -0.25) is 0 Å². The molecule has 1 heteroatoms. The SMILES string of the molecule is CCC(Br)C(CC)C1CCCCC1. The Labute approximate surface area is 91.6 Å². The number of halogens is 1. The Kier molecular flexibility index (Phi) is 5.38. The molecule has 0 aromatic heterocycles. The first-order chi connectivity index (χ1) is 6.29. The topological polar surface area (TPSA) is 0 Å². The van der Waals surface area contributed by atoms with Crippen molar-refractivity contribution in [1.82, 2.24) is 0 Å². The molecule has 0 spiro atoms. The highest BCUT2D eigenvalue weighted by Crippen LogP contribution is 2.36. The highest BCUT2D eigenvalue weighted by molar-refractivity contribution is 9.09. The van der Waals surface area contributed by atoms with Crippen LogP contribution >= 0.6 is 15.9 Å². The summed E-state index contributed by atoms with van der Waals surface area (Å²) in [7, 11) is 0. The van der Waals surface area contributed by atoms with Gasteiger partial charge in [0.1, 0.15) is 0 Å². The molecule has 78 valence electrons. The molecule has 2 atom stereocenters. The molecule has 0 radical (unpaired) electrons. The van der Waals surface area contributed by atoms with E-state index in [0.29, 0.717) is 0 Å². The maximum absolute atomic E-state index is 3.84. The van der Waals surface area contributed by atoms with Gasteiger partial charge in [0.2, 0.25) is 0 Å². The van der Waals surface area contributed by atoms with Gasteiger partial charge >= 0.3 is 0 Å². The Balaban J connectivity index is 2.43. The van der Waals surface area contributed by atoms with Crippen LogP contribution in [0.5, 0.6) is 0 Å². The Hall–Kier alpha value is 0.480. The number of hydrogen-bond donors (Lipinski definition) is 0. The molecule has 0 bridgehead atoms. The second-order valence-corrected chi connectivity index (χ2v) is 5.57. The molecule has 0 saturated heterocycles. The van der Waals surface area contributed by atoms with Crippen molar-refractivity contribution in [1.29, 1.82) is 0 Å². The minimum absolute atomic E-state index is 0.764. The zero-order chi connectivity index (χ0) is 9.68. The Morgan fingerprint density at radius 3 is 2.15 bits per heavy atom. The summed E-state index contributed by atoms with van der Waals surface area (Å²) in [5.41, 5.74) is 0. The van der Waals surface area contributed by atoms with Gasteiger partial charge in [0.15, 0.2) is 0 Å². The van der Waals surface area contributed by atoms with Crippen molar-refractivity contribution in [2.45, 2.75) is 63.6 Å². The van der Waals surface area contributed by atoms with Gasteiger partial charge in [-0.2, -0.15) is 0 Å². The van der Waals surface area contributed by atoms with E-state index in [2.05, 4.69) is 29.8 Å². The van der Waals surface area contributed by atoms with Crippen LogP contribution in [0.15, 0.2) is 0 Å². The van der Waals surface area contributed by atoms with Crippen LogP contribution < -0.4 is 0 Å². The molecule has 1 aliphatic carbocycles. The van der Waals surface area contributed by atoms with Crippen LogP contribution in [0.4, 0.5) is 0 Å². The minimum atomic E-state index is 0.764. The summed E-state index contributed by atoms with van der Waals surface area (Å²) in [6.07, 6.45) is 10.0. The Morgan fingerprint density at radius 2 is 1.69 bits per heavy atom. The third-order valence-electron chi connectivity index (χ3n) is 3.58. The first-order valence-corrected chi connectivity index (χ1v) is 6.85. The Morgan fingerprint density at radius 1 is 1.08 bits per heavy atom. The zero-order valence-electron chi connectivity index (χ0n) is 9.06. The molecule has 0 aromatic carbocycles. The van der Waals surface area contributed by atoms with E-state index in [1.165, 1.54) is 44.9 Å². The molecule has 2 unspecified atom stereocenters. The molecule has 0 aliphatic heterocycles. The third kappa shape index (κ3) is 3.27. The zero-order valence-corrected chi connectivity index (χ0v) is 10.6. The third-order valence-corrected chi connectivity index (χ3v) is 4.91. The first-order valence-electron chi connectivity index (χ1n) is 5.93. The van der Waals surface area contributed by atoms with Crippen LogP contribution in [0.2, 0.25) is 0 Å². The minimum Gasteiger partial charge on any atom is -0.0888 e. The van der Waals surface area contributed by atoms with Crippen molar-refractivity contribution in [3.63, 3.8) is 0 Å². The predicted octanol–water partition coefficient (Wildman–Crippen LogP) is 4.77. The van der Waals surface area contributed by atoms with Crippen molar-refractivity contribution in [2.75, 3.05) is 0 Å². The first kappa shape index (κ1) is 11.6. The summed E-state index contributed by atoms with van der Waals surface area (Å²) in [5.74, 6) is 1.95. The van der Waals surface area contributed by atoms with E-state index in [0.717, 1.165) is 16.7 Å². The van der Waals surface area contributed by atoms with Crippen molar-refractivity contribution < 1.29 is 0 Å². The van der Waals surface area contributed by atoms with E-state index < -0.39 is 0 Å². The molecule has 0 heterocycles. The van der Waals surface area contributed by atoms with Gasteiger partial charge in [-0.15, -0.1) is 0 Å². The lowest BCUT2D eigenvalue weighted by molar-refractivity contribution is 0.236. The largest absolute Gasteiger partial charge is 0.0888 e. The lowest BCUT2D eigenvalue weighted by Gasteiger charge is -2.32. The molecule has 1 aliphatic rings. The molecular weight excluding hydrogens is 224 g/mol. The summed E-state index contributed by atoms with van der Waals surface area (Å²) in [6, 6.07) is 0. The van der Waals surface area contributed by atoms with Gasteiger partial charge in [-0.1, -0.05) is 68.3 Å².